The zero-order valence-electron chi connectivity index (χ0n) is 12.9. The third kappa shape index (κ3) is 2.17. The van der Waals surface area contributed by atoms with E-state index >= 15 is 0 Å². The third-order valence-electron chi connectivity index (χ3n) is 4.36. The average molecular weight is 331 g/mol. The summed E-state index contributed by atoms with van der Waals surface area (Å²) in [6, 6.07) is 9.63. The second-order valence-electron chi connectivity index (χ2n) is 6.47. The van der Waals surface area contributed by atoms with Crippen LogP contribution in [-0.4, -0.2) is 16.2 Å². The zero-order valence-corrected chi connectivity index (χ0v) is 13.7. The number of nitrogens with zero attached hydrogens (tertiary/aromatic N) is 2. The van der Waals surface area contributed by atoms with Gasteiger partial charge in [-0.2, -0.15) is 0 Å². The van der Waals surface area contributed by atoms with Crippen molar-refractivity contribution in [2.24, 2.45) is 0 Å². The first-order valence-electron chi connectivity index (χ1n) is 7.51. The van der Waals surface area contributed by atoms with Gasteiger partial charge >= 0.3 is 0 Å². The van der Waals surface area contributed by atoms with Gasteiger partial charge in [0.15, 0.2) is 0 Å². The molecule has 0 radical (unpaired) electrons. The van der Waals surface area contributed by atoms with Gasteiger partial charge in [0.1, 0.15) is 11.0 Å². The maximum absolute atomic E-state index is 14.5. The van der Waals surface area contributed by atoms with E-state index in [0.29, 0.717) is 18.8 Å². The minimum absolute atomic E-state index is 0.196. The molecule has 0 atom stereocenters. The zero-order chi connectivity index (χ0) is 16.2. The summed E-state index contributed by atoms with van der Waals surface area (Å²) in [7, 11) is 0. The summed E-state index contributed by atoms with van der Waals surface area (Å²) in [6.07, 6.45) is 1.17. The van der Waals surface area contributed by atoms with E-state index in [4.69, 9.17) is 16.3 Å². The number of hydrogen-bond donors (Lipinski definition) is 0. The molecule has 0 spiro atoms. The standard InChI is InChI=1S/C18H16ClFN2O/c1-18(2)10-23-9-15-17(12-7-16(19)21-8-13(12)20)11-5-3-4-6-14(11)22(15)18/h3-8H,9-10H2,1-2H3. The summed E-state index contributed by atoms with van der Waals surface area (Å²) in [6.45, 7) is 5.33. The number of aromatic nitrogens is 2. The molecule has 4 rings (SSSR count). The number of para-hydroxylation sites is 1. The Balaban J connectivity index is 2.14. The smallest absolute Gasteiger partial charge is 0.149 e. The Labute approximate surface area is 138 Å². The van der Waals surface area contributed by atoms with Crippen molar-refractivity contribution >= 4 is 22.5 Å². The van der Waals surface area contributed by atoms with Crippen LogP contribution in [0.15, 0.2) is 36.5 Å². The van der Waals surface area contributed by atoms with Crippen LogP contribution in [0.4, 0.5) is 4.39 Å². The first-order chi connectivity index (χ1) is 11.0. The normalized spacial score (nSPS) is 16.5. The van der Waals surface area contributed by atoms with E-state index in [0.717, 1.165) is 22.2 Å². The van der Waals surface area contributed by atoms with Crippen molar-refractivity contribution in [1.29, 1.82) is 0 Å². The summed E-state index contributed by atoms with van der Waals surface area (Å²) in [5.74, 6) is -0.378. The van der Waals surface area contributed by atoms with Crippen LogP contribution in [0.25, 0.3) is 22.0 Å². The molecule has 0 saturated carbocycles. The lowest BCUT2D eigenvalue weighted by Gasteiger charge is -2.34. The lowest BCUT2D eigenvalue weighted by molar-refractivity contribution is 0.0239. The molecule has 23 heavy (non-hydrogen) atoms. The molecule has 118 valence electrons. The molecule has 0 amide bonds. The van der Waals surface area contributed by atoms with Crippen LogP contribution in [0.1, 0.15) is 19.5 Å². The van der Waals surface area contributed by atoms with E-state index in [1.165, 1.54) is 6.20 Å². The number of ether oxygens (including phenoxy) is 1. The van der Waals surface area contributed by atoms with Crippen molar-refractivity contribution in [2.45, 2.75) is 26.0 Å². The van der Waals surface area contributed by atoms with Gasteiger partial charge in [0, 0.05) is 22.0 Å². The SMILES string of the molecule is CC1(C)COCc2c(-c3cc(Cl)ncc3F)c3ccccc3n21. The lowest BCUT2D eigenvalue weighted by atomic mass is 10.0. The molecule has 0 aliphatic carbocycles. The molecule has 3 heterocycles. The Hall–Kier alpha value is -1.91. The fourth-order valence-corrected chi connectivity index (χ4v) is 3.65. The summed E-state index contributed by atoms with van der Waals surface area (Å²) < 4.78 is 22.5. The topological polar surface area (TPSA) is 27.1 Å². The lowest BCUT2D eigenvalue weighted by Crippen LogP contribution is -2.37. The monoisotopic (exact) mass is 330 g/mol. The summed E-state index contributed by atoms with van der Waals surface area (Å²) in [5, 5.41) is 1.28. The average Bonchev–Trinajstić information content (AvgIpc) is 2.85. The number of pyridine rings is 1. The predicted octanol–water partition coefficient (Wildman–Crippen LogP) is 4.76. The first kappa shape index (κ1) is 14.7. The van der Waals surface area contributed by atoms with E-state index in [1.54, 1.807) is 6.07 Å². The Bertz CT molecular complexity index is 917. The van der Waals surface area contributed by atoms with Gasteiger partial charge in [-0.15, -0.1) is 0 Å². The molecule has 0 N–H and O–H groups in total. The third-order valence-corrected chi connectivity index (χ3v) is 4.57. The van der Waals surface area contributed by atoms with Crippen LogP contribution in [0.5, 0.6) is 0 Å². The van der Waals surface area contributed by atoms with Crippen LogP contribution in [0, 0.1) is 5.82 Å². The molecule has 2 aromatic heterocycles. The quantitative estimate of drug-likeness (QED) is 0.601. The molecule has 0 bridgehead atoms. The highest BCUT2D eigenvalue weighted by molar-refractivity contribution is 6.29. The largest absolute Gasteiger partial charge is 0.373 e. The molecule has 3 nitrogen and oxygen atoms in total. The Morgan fingerprint density at radius 2 is 2.09 bits per heavy atom. The Kier molecular flexibility index (Phi) is 3.22. The van der Waals surface area contributed by atoms with E-state index in [1.807, 2.05) is 18.2 Å². The van der Waals surface area contributed by atoms with Gasteiger partial charge in [0.25, 0.3) is 0 Å². The molecule has 0 saturated heterocycles. The number of halogens is 2. The van der Waals surface area contributed by atoms with E-state index in [9.17, 15) is 4.39 Å². The number of fused-ring (bicyclic) bond motifs is 3. The summed E-state index contributed by atoms with van der Waals surface area (Å²) >= 11 is 6.01. The first-order valence-corrected chi connectivity index (χ1v) is 7.89. The van der Waals surface area contributed by atoms with E-state index in [-0.39, 0.29) is 16.5 Å². The fraction of sp³-hybridized carbons (Fsp3) is 0.278. The van der Waals surface area contributed by atoms with Crippen LogP contribution in [-0.2, 0) is 16.9 Å². The molecule has 3 aromatic rings. The minimum atomic E-state index is -0.378. The number of rotatable bonds is 1. The van der Waals surface area contributed by atoms with Gasteiger partial charge in [-0.25, -0.2) is 9.37 Å². The summed E-state index contributed by atoms with van der Waals surface area (Å²) in [4.78, 5) is 3.82. The maximum Gasteiger partial charge on any atom is 0.149 e. The Morgan fingerprint density at radius 1 is 1.30 bits per heavy atom. The van der Waals surface area contributed by atoms with Crippen molar-refractivity contribution in [3.05, 3.63) is 53.2 Å². The van der Waals surface area contributed by atoms with Gasteiger partial charge < -0.3 is 9.30 Å². The Morgan fingerprint density at radius 3 is 2.91 bits per heavy atom. The van der Waals surface area contributed by atoms with Crippen LogP contribution >= 0.6 is 11.6 Å². The predicted molar refractivity (Wildman–Crippen MR) is 89.1 cm³/mol. The molecular formula is C18H16ClFN2O. The van der Waals surface area contributed by atoms with Crippen molar-refractivity contribution in [3.8, 4) is 11.1 Å². The van der Waals surface area contributed by atoms with E-state index in [2.05, 4.69) is 29.5 Å². The van der Waals surface area contributed by atoms with Crippen LogP contribution in [0.3, 0.4) is 0 Å². The molecule has 1 aliphatic heterocycles. The number of hydrogen-bond acceptors (Lipinski definition) is 2. The second kappa shape index (κ2) is 5.05. The van der Waals surface area contributed by atoms with Gasteiger partial charge in [0.05, 0.1) is 30.6 Å². The molecule has 1 aromatic carbocycles. The molecule has 5 heteroatoms. The highest BCUT2D eigenvalue weighted by Gasteiger charge is 2.33. The van der Waals surface area contributed by atoms with Crippen LogP contribution < -0.4 is 0 Å². The minimum Gasteiger partial charge on any atom is -0.373 e. The highest BCUT2D eigenvalue weighted by atomic mass is 35.5. The molecule has 0 fully saturated rings. The van der Waals surface area contributed by atoms with Gasteiger partial charge in [-0.05, 0) is 26.0 Å². The summed E-state index contributed by atoms with van der Waals surface area (Å²) in [5.41, 5.74) is 3.17. The highest BCUT2D eigenvalue weighted by Crippen LogP contribution is 2.42. The molecular weight excluding hydrogens is 315 g/mol. The van der Waals surface area contributed by atoms with Gasteiger partial charge in [0.2, 0.25) is 0 Å². The van der Waals surface area contributed by atoms with Crippen LogP contribution in [0.2, 0.25) is 5.15 Å². The second-order valence-corrected chi connectivity index (χ2v) is 6.85. The maximum atomic E-state index is 14.5. The van der Waals surface area contributed by atoms with Crippen molar-refractivity contribution in [3.63, 3.8) is 0 Å². The fourth-order valence-electron chi connectivity index (χ4n) is 3.49. The molecule has 0 unspecified atom stereocenters. The van der Waals surface area contributed by atoms with E-state index < -0.39 is 0 Å². The van der Waals surface area contributed by atoms with Crippen molar-refractivity contribution < 1.29 is 9.13 Å². The number of benzene rings is 1. The van der Waals surface area contributed by atoms with Crippen molar-refractivity contribution in [1.82, 2.24) is 9.55 Å². The van der Waals surface area contributed by atoms with Gasteiger partial charge in [-0.1, -0.05) is 29.8 Å². The molecule has 1 aliphatic rings. The van der Waals surface area contributed by atoms with Crippen molar-refractivity contribution in [2.75, 3.05) is 6.61 Å². The van der Waals surface area contributed by atoms with Gasteiger partial charge in [-0.3, -0.25) is 0 Å².